The predicted octanol–water partition coefficient (Wildman–Crippen LogP) is 4.28. The molecule has 0 aliphatic carbocycles. The average molecular weight is 494 g/mol. The number of carbonyl (C=O) groups excluding carboxylic acids is 2. The molecule has 8 nitrogen and oxygen atoms in total. The number of nitrogens with zero attached hydrogens (tertiary/aromatic N) is 3. The van der Waals surface area contributed by atoms with Crippen molar-refractivity contribution in [1.82, 2.24) is 10.3 Å². The third-order valence-electron chi connectivity index (χ3n) is 5.72. The van der Waals surface area contributed by atoms with Crippen LogP contribution in [0.1, 0.15) is 31.9 Å². The van der Waals surface area contributed by atoms with Gasteiger partial charge in [-0.05, 0) is 56.2 Å². The number of rotatable bonds is 3. The molecule has 3 amide bonds. The maximum Gasteiger partial charge on any atom is 0.433 e. The molecule has 1 aromatic heterocycles. The normalized spacial score (nSPS) is 18.4. The SMILES string of the molecule is CNC(=O)Nc1ccc(C(F)(F)F)nc1.C[C@H]1COCCN1c1ccc(N2CCCCC2=O)cc1. The molecule has 2 N–H and O–H groups in total. The lowest BCUT2D eigenvalue weighted by Gasteiger charge is -2.35. The number of morpholine rings is 1. The van der Waals surface area contributed by atoms with Crippen LogP contribution in [0.25, 0.3) is 0 Å². The second kappa shape index (κ2) is 11.9. The second-order valence-corrected chi connectivity index (χ2v) is 8.27. The van der Waals surface area contributed by atoms with Gasteiger partial charge < -0.3 is 25.2 Å². The molecule has 2 aliphatic rings. The van der Waals surface area contributed by atoms with Gasteiger partial charge in [-0.15, -0.1) is 0 Å². The molecular formula is C24H30F3N5O3. The highest BCUT2D eigenvalue weighted by Gasteiger charge is 2.32. The van der Waals surface area contributed by atoms with Crippen molar-refractivity contribution in [3.63, 3.8) is 0 Å². The summed E-state index contributed by atoms with van der Waals surface area (Å²) in [5.74, 6) is 0.253. The molecule has 35 heavy (non-hydrogen) atoms. The Morgan fingerprint density at radius 3 is 2.37 bits per heavy atom. The van der Waals surface area contributed by atoms with E-state index in [9.17, 15) is 22.8 Å². The minimum Gasteiger partial charge on any atom is -0.377 e. The molecule has 1 atom stereocenters. The van der Waals surface area contributed by atoms with Crippen molar-refractivity contribution in [2.75, 3.05) is 48.5 Å². The summed E-state index contributed by atoms with van der Waals surface area (Å²) in [6.45, 7) is 5.54. The molecule has 2 fully saturated rings. The Bertz CT molecular complexity index is 983. The zero-order valence-electron chi connectivity index (χ0n) is 19.8. The first-order valence-corrected chi connectivity index (χ1v) is 11.5. The third kappa shape index (κ3) is 7.32. The molecular weight excluding hydrogens is 463 g/mol. The topological polar surface area (TPSA) is 86.8 Å². The van der Waals surface area contributed by atoms with Crippen LogP contribution in [0.3, 0.4) is 0 Å². The number of amides is 3. The van der Waals surface area contributed by atoms with Gasteiger partial charge in [0.15, 0.2) is 0 Å². The van der Waals surface area contributed by atoms with Crippen molar-refractivity contribution in [2.24, 2.45) is 0 Å². The van der Waals surface area contributed by atoms with E-state index in [1.807, 2.05) is 4.90 Å². The van der Waals surface area contributed by atoms with Gasteiger partial charge in [0.05, 0.1) is 25.1 Å². The Morgan fingerprint density at radius 1 is 1.09 bits per heavy atom. The van der Waals surface area contributed by atoms with Crippen LogP contribution < -0.4 is 20.4 Å². The summed E-state index contributed by atoms with van der Waals surface area (Å²) in [4.78, 5) is 30.2. The smallest absolute Gasteiger partial charge is 0.377 e. The molecule has 0 unspecified atom stereocenters. The number of piperidine rings is 1. The number of aromatic nitrogens is 1. The number of halogens is 3. The van der Waals surface area contributed by atoms with E-state index in [2.05, 4.69) is 51.7 Å². The lowest BCUT2D eigenvalue weighted by Crippen LogP contribution is -2.43. The van der Waals surface area contributed by atoms with Crippen molar-refractivity contribution in [1.29, 1.82) is 0 Å². The highest BCUT2D eigenvalue weighted by molar-refractivity contribution is 5.94. The molecule has 1 aromatic carbocycles. The number of hydrogen-bond acceptors (Lipinski definition) is 5. The lowest BCUT2D eigenvalue weighted by molar-refractivity contribution is -0.141. The monoisotopic (exact) mass is 493 g/mol. The van der Waals surface area contributed by atoms with E-state index < -0.39 is 17.9 Å². The minimum atomic E-state index is -4.47. The fourth-order valence-electron chi connectivity index (χ4n) is 3.84. The van der Waals surface area contributed by atoms with Crippen molar-refractivity contribution in [3.05, 3.63) is 48.3 Å². The molecule has 4 rings (SSSR count). The van der Waals surface area contributed by atoms with Crippen LogP contribution in [0, 0.1) is 0 Å². The van der Waals surface area contributed by atoms with Crippen molar-refractivity contribution < 1.29 is 27.5 Å². The third-order valence-corrected chi connectivity index (χ3v) is 5.72. The highest BCUT2D eigenvalue weighted by Crippen LogP contribution is 2.28. The van der Waals surface area contributed by atoms with E-state index in [0.29, 0.717) is 12.5 Å². The predicted molar refractivity (Wildman–Crippen MR) is 128 cm³/mol. The van der Waals surface area contributed by atoms with E-state index in [1.54, 1.807) is 0 Å². The van der Waals surface area contributed by atoms with Crippen LogP contribution in [-0.4, -0.2) is 56.3 Å². The number of carbonyl (C=O) groups is 2. The minimum absolute atomic E-state index is 0.197. The lowest BCUT2D eigenvalue weighted by atomic mass is 10.1. The van der Waals surface area contributed by atoms with Gasteiger partial charge in [0, 0.05) is 44.0 Å². The van der Waals surface area contributed by atoms with Crippen LogP contribution in [0.4, 0.5) is 35.0 Å². The second-order valence-electron chi connectivity index (χ2n) is 8.27. The average Bonchev–Trinajstić information content (AvgIpc) is 2.85. The van der Waals surface area contributed by atoms with Gasteiger partial charge in [0.1, 0.15) is 5.69 Å². The standard InChI is InChI=1S/C16H22N2O2.C8H8F3N3O/c1-13-12-20-11-10-17(13)14-5-7-15(8-6-14)18-9-3-2-4-16(18)19;1-12-7(15)14-5-2-3-6(13-4-5)8(9,10)11/h5-8,13H,2-4,9-12H2,1H3;2-4H,1H3,(H2,12,14,15)/t13-;/m0./s1. The molecule has 3 heterocycles. The van der Waals surface area contributed by atoms with E-state index in [1.165, 1.54) is 12.7 Å². The fourth-order valence-corrected chi connectivity index (χ4v) is 3.84. The molecule has 0 radical (unpaired) electrons. The number of benzene rings is 1. The van der Waals surface area contributed by atoms with Crippen LogP contribution in [0.2, 0.25) is 0 Å². The van der Waals surface area contributed by atoms with Crippen LogP contribution in [0.5, 0.6) is 0 Å². The largest absolute Gasteiger partial charge is 0.433 e. The summed E-state index contributed by atoms with van der Waals surface area (Å²) in [6, 6.07) is 10.2. The summed E-state index contributed by atoms with van der Waals surface area (Å²) in [5, 5.41) is 4.55. The van der Waals surface area contributed by atoms with Crippen molar-refractivity contribution in [2.45, 2.75) is 38.4 Å². The molecule has 11 heteroatoms. The van der Waals surface area contributed by atoms with E-state index in [4.69, 9.17) is 4.74 Å². The highest BCUT2D eigenvalue weighted by atomic mass is 19.4. The van der Waals surface area contributed by atoms with Crippen LogP contribution in [-0.2, 0) is 15.7 Å². The van der Waals surface area contributed by atoms with Crippen molar-refractivity contribution in [3.8, 4) is 0 Å². The van der Waals surface area contributed by atoms with Gasteiger partial charge in [0.2, 0.25) is 5.91 Å². The summed E-state index contributed by atoms with van der Waals surface area (Å²) in [6.07, 6.45) is -0.710. The zero-order chi connectivity index (χ0) is 25.4. The van der Waals surface area contributed by atoms with E-state index in [0.717, 1.165) is 63.2 Å². The number of nitrogens with one attached hydrogen (secondary N) is 2. The first-order chi connectivity index (χ1) is 16.7. The maximum absolute atomic E-state index is 12.1. The van der Waals surface area contributed by atoms with Gasteiger partial charge in [-0.3, -0.25) is 4.79 Å². The van der Waals surface area contributed by atoms with E-state index in [-0.39, 0.29) is 11.6 Å². The first-order valence-electron chi connectivity index (χ1n) is 11.5. The number of ether oxygens (including phenoxy) is 1. The van der Waals surface area contributed by atoms with Crippen LogP contribution >= 0.6 is 0 Å². The molecule has 0 saturated carbocycles. The quantitative estimate of drug-likeness (QED) is 0.667. The van der Waals surface area contributed by atoms with Crippen LogP contribution in [0.15, 0.2) is 42.6 Å². The van der Waals surface area contributed by atoms with Gasteiger partial charge in [-0.1, -0.05) is 0 Å². The first kappa shape index (κ1) is 26.3. The Kier molecular flexibility index (Phi) is 8.91. The molecule has 0 bridgehead atoms. The molecule has 2 saturated heterocycles. The number of alkyl halides is 3. The molecule has 0 spiro atoms. The Balaban J connectivity index is 0.000000205. The van der Waals surface area contributed by atoms with Gasteiger partial charge in [0.25, 0.3) is 0 Å². The number of pyridine rings is 1. The molecule has 2 aromatic rings. The van der Waals surface area contributed by atoms with Gasteiger partial charge >= 0.3 is 12.2 Å². The molecule has 2 aliphatic heterocycles. The molecule has 190 valence electrons. The number of urea groups is 1. The summed E-state index contributed by atoms with van der Waals surface area (Å²) in [7, 11) is 1.40. The zero-order valence-corrected chi connectivity index (χ0v) is 19.8. The summed E-state index contributed by atoms with van der Waals surface area (Å²) in [5.41, 5.74) is 1.45. The Morgan fingerprint density at radius 2 is 1.80 bits per heavy atom. The van der Waals surface area contributed by atoms with Gasteiger partial charge in [-0.2, -0.15) is 13.2 Å². The number of hydrogen-bond donors (Lipinski definition) is 2. The Hall–Kier alpha value is -3.34. The van der Waals surface area contributed by atoms with E-state index >= 15 is 0 Å². The Labute approximate surface area is 202 Å². The fraction of sp³-hybridized carbons (Fsp3) is 0.458. The summed E-state index contributed by atoms with van der Waals surface area (Å²) >= 11 is 0. The number of anilines is 3. The maximum atomic E-state index is 12.1. The summed E-state index contributed by atoms with van der Waals surface area (Å²) < 4.78 is 41.7. The van der Waals surface area contributed by atoms with Crippen molar-refractivity contribution >= 4 is 29.0 Å². The van der Waals surface area contributed by atoms with Gasteiger partial charge in [-0.25, -0.2) is 9.78 Å².